The average Bonchev–Trinajstić information content (AvgIpc) is 2.34. The van der Waals surface area contributed by atoms with E-state index in [9.17, 15) is 0 Å². The molecule has 2 nitrogen and oxygen atoms in total. The predicted molar refractivity (Wildman–Crippen MR) is 78.7 cm³/mol. The normalized spacial score (nSPS) is 14.7. The molecule has 0 rings (SSSR count). The van der Waals surface area contributed by atoms with Gasteiger partial charge in [-0.2, -0.15) is 0 Å². The molecule has 0 radical (unpaired) electrons. The maximum absolute atomic E-state index is 8.72. The Hall–Kier alpha value is -0.0800. The van der Waals surface area contributed by atoms with Crippen LogP contribution in [0.2, 0.25) is 0 Å². The fraction of sp³-hybridized carbons (Fsp3) is 1.00. The summed E-state index contributed by atoms with van der Waals surface area (Å²) in [5.41, 5.74) is 0. The van der Waals surface area contributed by atoms with Gasteiger partial charge in [-0.15, -0.1) is 0 Å². The highest BCUT2D eigenvalue weighted by Crippen LogP contribution is 2.22. The highest BCUT2D eigenvalue weighted by molar-refractivity contribution is 4.61. The Morgan fingerprint density at radius 1 is 0.611 bits per heavy atom. The van der Waals surface area contributed by atoms with E-state index in [-0.39, 0.29) is 0 Å². The second-order valence-corrected chi connectivity index (χ2v) is 5.95. The van der Waals surface area contributed by atoms with E-state index in [1.807, 2.05) is 0 Å². The lowest BCUT2D eigenvalue weighted by Crippen LogP contribution is -2.03. The van der Waals surface area contributed by atoms with Crippen LogP contribution in [0.15, 0.2) is 0 Å². The Kier molecular flexibility index (Phi) is 13.3. The number of hydrogen-bond donors (Lipinski definition) is 2. The lowest BCUT2D eigenvalue weighted by atomic mass is 9.89. The van der Waals surface area contributed by atoms with Crippen LogP contribution in [0.3, 0.4) is 0 Å². The van der Waals surface area contributed by atoms with E-state index >= 15 is 0 Å². The quantitative estimate of drug-likeness (QED) is 0.487. The molecule has 0 fully saturated rings. The number of hydrogen-bond acceptors (Lipinski definition) is 2. The van der Waals surface area contributed by atoms with Crippen molar-refractivity contribution in [1.82, 2.24) is 0 Å². The van der Waals surface area contributed by atoms with E-state index in [2.05, 4.69) is 13.8 Å². The van der Waals surface area contributed by atoms with Crippen molar-refractivity contribution >= 4 is 0 Å². The molecule has 2 atom stereocenters. The van der Waals surface area contributed by atoms with Crippen molar-refractivity contribution in [3.8, 4) is 0 Å². The molecule has 0 aromatic carbocycles. The minimum absolute atomic E-state index is 0.346. The van der Waals surface area contributed by atoms with Gasteiger partial charge in [0.2, 0.25) is 0 Å². The van der Waals surface area contributed by atoms with Crippen LogP contribution in [0.1, 0.15) is 78.1 Å². The molecular weight excluding hydrogens is 224 g/mol. The Balaban J connectivity index is 3.34. The van der Waals surface area contributed by atoms with Crippen LogP contribution in [-0.2, 0) is 0 Å². The molecule has 0 amide bonds. The van der Waals surface area contributed by atoms with E-state index in [0.29, 0.717) is 13.2 Å². The molecule has 0 heterocycles. The third-order valence-corrected chi connectivity index (χ3v) is 3.76. The second kappa shape index (κ2) is 13.4. The fourth-order valence-electron chi connectivity index (χ4n) is 2.66. The third kappa shape index (κ3) is 12.4. The summed E-state index contributed by atoms with van der Waals surface area (Å²) in [5.74, 6) is 1.67. The lowest BCUT2D eigenvalue weighted by Gasteiger charge is -2.17. The molecule has 0 spiro atoms. The number of unbranched alkanes of at least 4 members (excludes halogenated alkanes) is 5. The zero-order valence-electron chi connectivity index (χ0n) is 12.5. The lowest BCUT2D eigenvalue weighted by molar-refractivity contribution is 0.277. The van der Waals surface area contributed by atoms with Crippen molar-refractivity contribution in [3.63, 3.8) is 0 Å². The smallest absolute Gasteiger partial charge is 0.0431 e. The molecule has 18 heavy (non-hydrogen) atoms. The first-order chi connectivity index (χ1) is 8.70. The van der Waals surface area contributed by atoms with Crippen molar-refractivity contribution in [2.75, 3.05) is 13.2 Å². The van der Waals surface area contributed by atoms with Gasteiger partial charge in [0.05, 0.1) is 0 Å². The third-order valence-electron chi connectivity index (χ3n) is 3.76. The summed E-state index contributed by atoms with van der Waals surface area (Å²) in [6, 6.07) is 0. The van der Waals surface area contributed by atoms with Crippen LogP contribution in [0.4, 0.5) is 0 Å². The van der Waals surface area contributed by atoms with Crippen LogP contribution in [0.25, 0.3) is 0 Å². The minimum atomic E-state index is 0.346. The highest BCUT2D eigenvalue weighted by Gasteiger charge is 2.08. The topological polar surface area (TPSA) is 40.5 Å². The molecule has 2 heteroatoms. The van der Waals surface area contributed by atoms with Gasteiger partial charge >= 0.3 is 0 Å². The van der Waals surface area contributed by atoms with Gasteiger partial charge < -0.3 is 10.2 Å². The molecule has 2 unspecified atom stereocenters. The molecule has 2 N–H and O–H groups in total. The molecule has 0 aliphatic heterocycles. The van der Waals surface area contributed by atoms with Gasteiger partial charge in [0.25, 0.3) is 0 Å². The monoisotopic (exact) mass is 258 g/mol. The van der Waals surface area contributed by atoms with Gasteiger partial charge in [0.1, 0.15) is 0 Å². The SMILES string of the molecule is CC(CCCCCO)CC(C)CCCCCCO. The fourth-order valence-corrected chi connectivity index (χ4v) is 2.66. The number of aliphatic hydroxyl groups is 2. The molecule has 0 saturated carbocycles. The summed E-state index contributed by atoms with van der Waals surface area (Å²) in [5, 5.41) is 17.4. The van der Waals surface area contributed by atoms with Crippen LogP contribution in [0, 0.1) is 11.8 Å². The van der Waals surface area contributed by atoms with E-state index in [4.69, 9.17) is 10.2 Å². The maximum Gasteiger partial charge on any atom is 0.0431 e. The Morgan fingerprint density at radius 3 is 1.44 bits per heavy atom. The van der Waals surface area contributed by atoms with E-state index in [1.54, 1.807) is 0 Å². The highest BCUT2D eigenvalue weighted by atomic mass is 16.3. The first kappa shape index (κ1) is 17.9. The maximum atomic E-state index is 8.72. The summed E-state index contributed by atoms with van der Waals surface area (Å²) in [7, 11) is 0. The van der Waals surface area contributed by atoms with Gasteiger partial charge in [0, 0.05) is 13.2 Å². The Labute approximate surface area is 114 Å². The minimum Gasteiger partial charge on any atom is -0.396 e. The Bertz CT molecular complexity index is 159. The van der Waals surface area contributed by atoms with E-state index < -0.39 is 0 Å². The summed E-state index contributed by atoms with van der Waals surface area (Å²) in [4.78, 5) is 0. The van der Waals surface area contributed by atoms with Gasteiger partial charge in [-0.25, -0.2) is 0 Å². The first-order valence-electron chi connectivity index (χ1n) is 7.92. The van der Waals surface area contributed by atoms with Gasteiger partial charge in [0.15, 0.2) is 0 Å². The van der Waals surface area contributed by atoms with Crippen LogP contribution >= 0.6 is 0 Å². The number of aliphatic hydroxyl groups excluding tert-OH is 2. The summed E-state index contributed by atoms with van der Waals surface area (Å²) < 4.78 is 0. The molecular formula is C16H34O2. The standard InChI is InChI=1S/C16H34O2/c1-15(10-6-3-4-8-12-17)14-16(2)11-7-5-9-13-18/h15-18H,3-14H2,1-2H3. The zero-order chi connectivity index (χ0) is 13.6. The van der Waals surface area contributed by atoms with E-state index in [1.165, 1.54) is 51.4 Å². The molecule has 0 bridgehead atoms. The van der Waals surface area contributed by atoms with Crippen LogP contribution < -0.4 is 0 Å². The summed E-state index contributed by atoms with van der Waals surface area (Å²) in [6.45, 7) is 5.43. The van der Waals surface area contributed by atoms with Crippen molar-refractivity contribution in [2.45, 2.75) is 78.1 Å². The summed E-state index contributed by atoms with van der Waals surface area (Å²) >= 11 is 0. The molecule has 0 aromatic heterocycles. The van der Waals surface area contributed by atoms with Crippen molar-refractivity contribution in [1.29, 1.82) is 0 Å². The van der Waals surface area contributed by atoms with Crippen molar-refractivity contribution < 1.29 is 10.2 Å². The van der Waals surface area contributed by atoms with Gasteiger partial charge in [-0.3, -0.25) is 0 Å². The molecule has 0 aliphatic carbocycles. The van der Waals surface area contributed by atoms with Crippen LogP contribution in [0.5, 0.6) is 0 Å². The van der Waals surface area contributed by atoms with Gasteiger partial charge in [-0.05, 0) is 31.1 Å². The number of rotatable bonds is 13. The van der Waals surface area contributed by atoms with Gasteiger partial charge in [-0.1, -0.05) is 58.8 Å². The zero-order valence-corrected chi connectivity index (χ0v) is 12.5. The Morgan fingerprint density at radius 2 is 1.00 bits per heavy atom. The molecule has 0 saturated heterocycles. The van der Waals surface area contributed by atoms with Crippen LogP contribution in [-0.4, -0.2) is 23.4 Å². The van der Waals surface area contributed by atoms with E-state index in [0.717, 1.165) is 24.7 Å². The predicted octanol–water partition coefficient (Wildman–Crippen LogP) is 4.14. The summed E-state index contributed by atoms with van der Waals surface area (Å²) in [6.07, 6.45) is 12.2. The molecule has 110 valence electrons. The van der Waals surface area contributed by atoms with Crippen molar-refractivity contribution in [3.05, 3.63) is 0 Å². The van der Waals surface area contributed by atoms with Crippen molar-refractivity contribution in [2.24, 2.45) is 11.8 Å². The first-order valence-corrected chi connectivity index (χ1v) is 7.92. The molecule has 0 aromatic rings. The second-order valence-electron chi connectivity index (χ2n) is 5.95. The average molecular weight is 258 g/mol. The molecule has 0 aliphatic rings. The largest absolute Gasteiger partial charge is 0.396 e.